The summed E-state index contributed by atoms with van der Waals surface area (Å²) in [5, 5.41) is 17.0. The highest BCUT2D eigenvalue weighted by atomic mass is 32.2. The number of hydrogen-bond donors (Lipinski definition) is 3. The molecule has 1 rings (SSSR count). The van der Waals surface area contributed by atoms with Crippen molar-refractivity contribution >= 4 is 16.0 Å². The zero-order chi connectivity index (χ0) is 15.7. The molecule has 0 fully saturated rings. The van der Waals surface area contributed by atoms with Gasteiger partial charge >= 0.3 is 5.97 Å². The lowest BCUT2D eigenvalue weighted by atomic mass is 10.3. The number of aliphatic carboxylic acids is 1. The largest absolute Gasteiger partial charge is 0.482 e. The van der Waals surface area contributed by atoms with Crippen LogP contribution in [0, 0.1) is 0 Å². The van der Waals surface area contributed by atoms with Crippen LogP contribution in [0.2, 0.25) is 0 Å². The molecule has 0 amide bonds. The molecular formula is C12H17NO7S. The highest BCUT2D eigenvalue weighted by molar-refractivity contribution is 7.89. The number of aliphatic hydroxyl groups excluding tert-OH is 1. The Morgan fingerprint density at radius 3 is 2.43 bits per heavy atom. The molecule has 0 bridgehead atoms. The van der Waals surface area contributed by atoms with Gasteiger partial charge in [0.25, 0.3) is 0 Å². The van der Waals surface area contributed by atoms with Gasteiger partial charge in [0, 0.05) is 6.54 Å². The minimum absolute atomic E-state index is 0.0346. The molecule has 0 saturated carbocycles. The van der Waals surface area contributed by atoms with E-state index >= 15 is 0 Å². The smallest absolute Gasteiger partial charge is 0.341 e. The lowest BCUT2D eigenvalue weighted by molar-refractivity contribution is -0.139. The summed E-state index contributed by atoms with van der Waals surface area (Å²) in [5.41, 5.74) is 0. The van der Waals surface area contributed by atoms with E-state index in [2.05, 4.69) is 4.72 Å². The van der Waals surface area contributed by atoms with Crippen molar-refractivity contribution < 1.29 is 32.9 Å². The Morgan fingerprint density at radius 1 is 1.19 bits per heavy atom. The lowest BCUT2D eigenvalue weighted by Gasteiger charge is -2.08. The van der Waals surface area contributed by atoms with Crippen LogP contribution >= 0.6 is 0 Å². The summed E-state index contributed by atoms with van der Waals surface area (Å²) in [7, 11) is -3.66. The Morgan fingerprint density at radius 2 is 1.86 bits per heavy atom. The van der Waals surface area contributed by atoms with Crippen LogP contribution in [-0.4, -0.2) is 57.6 Å². The fourth-order valence-electron chi connectivity index (χ4n) is 1.36. The first kappa shape index (κ1) is 17.4. The number of rotatable bonds is 10. The number of carboxylic acid groups (broad SMARTS) is 1. The molecule has 0 aliphatic carbocycles. The van der Waals surface area contributed by atoms with Crippen LogP contribution in [0.15, 0.2) is 29.2 Å². The average Bonchev–Trinajstić information content (AvgIpc) is 2.45. The summed E-state index contributed by atoms with van der Waals surface area (Å²) in [5.74, 6) is -0.848. The molecule has 0 aromatic heterocycles. The number of nitrogens with one attached hydrogen (secondary N) is 1. The standard InChI is InChI=1S/C12H17NO7S/c14-6-8-19-7-5-13-21(17,18)11-3-1-10(2-4-11)20-9-12(15)16/h1-4,13-14H,5-9H2,(H,15,16). The highest BCUT2D eigenvalue weighted by Crippen LogP contribution is 2.15. The molecule has 0 aliphatic heterocycles. The second-order valence-electron chi connectivity index (χ2n) is 3.89. The van der Waals surface area contributed by atoms with Gasteiger partial charge in [-0.15, -0.1) is 0 Å². The molecule has 8 nitrogen and oxygen atoms in total. The van der Waals surface area contributed by atoms with Crippen molar-refractivity contribution in [3.8, 4) is 5.75 Å². The summed E-state index contributed by atoms with van der Waals surface area (Å²) >= 11 is 0. The Kier molecular flexibility index (Phi) is 7.09. The number of sulfonamides is 1. The van der Waals surface area contributed by atoms with Crippen LogP contribution in [0.5, 0.6) is 5.75 Å². The second-order valence-corrected chi connectivity index (χ2v) is 5.65. The van der Waals surface area contributed by atoms with E-state index < -0.39 is 22.6 Å². The predicted molar refractivity (Wildman–Crippen MR) is 72.7 cm³/mol. The zero-order valence-electron chi connectivity index (χ0n) is 11.2. The topological polar surface area (TPSA) is 122 Å². The van der Waals surface area contributed by atoms with E-state index in [1.807, 2.05) is 0 Å². The van der Waals surface area contributed by atoms with Crippen LogP contribution in [0.4, 0.5) is 0 Å². The van der Waals surface area contributed by atoms with Gasteiger partial charge in [-0.05, 0) is 24.3 Å². The van der Waals surface area contributed by atoms with E-state index in [0.29, 0.717) is 0 Å². The van der Waals surface area contributed by atoms with Crippen LogP contribution in [0.25, 0.3) is 0 Å². The number of aliphatic hydroxyl groups is 1. The van der Waals surface area contributed by atoms with Gasteiger partial charge in [-0.3, -0.25) is 0 Å². The van der Waals surface area contributed by atoms with E-state index in [-0.39, 0.29) is 37.0 Å². The molecule has 1 aromatic rings. The van der Waals surface area contributed by atoms with E-state index in [1.165, 1.54) is 24.3 Å². The van der Waals surface area contributed by atoms with Crippen molar-refractivity contribution in [2.75, 3.05) is 33.0 Å². The molecule has 0 saturated heterocycles. The summed E-state index contributed by atoms with van der Waals surface area (Å²) in [6, 6.07) is 5.38. The summed E-state index contributed by atoms with van der Waals surface area (Å²) < 4.78 is 36.0. The van der Waals surface area contributed by atoms with Crippen molar-refractivity contribution in [3.05, 3.63) is 24.3 Å². The Hall–Kier alpha value is -1.68. The maximum Gasteiger partial charge on any atom is 0.341 e. The van der Waals surface area contributed by atoms with Gasteiger partial charge in [0.15, 0.2) is 6.61 Å². The number of ether oxygens (including phenoxy) is 2. The number of hydrogen-bond acceptors (Lipinski definition) is 6. The Labute approximate surface area is 122 Å². The van der Waals surface area contributed by atoms with E-state index in [9.17, 15) is 13.2 Å². The van der Waals surface area contributed by atoms with Gasteiger partial charge in [0.1, 0.15) is 5.75 Å². The first-order chi connectivity index (χ1) is 9.95. The molecule has 1 aromatic carbocycles. The summed E-state index contributed by atoms with van der Waals surface area (Å²) in [6.07, 6.45) is 0. The van der Waals surface area contributed by atoms with Crippen LogP contribution in [-0.2, 0) is 19.6 Å². The van der Waals surface area contributed by atoms with Gasteiger partial charge < -0.3 is 19.7 Å². The molecule has 9 heteroatoms. The van der Waals surface area contributed by atoms with E-state index in [0.717, 1.165) is 0 Å². The molecule has 21 heavy (non-hydrogen) atoms. The zero-order valence-corrected chi connectivity index (χ0v) is 12.0. The molecule has 3 N–H and O–H groups in total. The third-order valence-corrected chi connectivity index (χ3v) is 3.75. The molecule has 0 spiro atoms. The first-order valence-electron chi connectivity index (χ1n) is 6.08. The third-order valence-electron chi connectivity index (χ3n) is 2.27. The molecule has 0 unspecified atom stereocenters. The molecular weight excluding hydrogens is 302 g/mol. The minimum Gasteiger partial charge on any atom is -0.482 e. The second kappa shape index (κ2) is 8.57. The summed E-state index contributed by atoms with van der Waals surface area (Å²) in [6.45, 7) is -0.229. The van der Waals surface area contributed by atoms with Crippen LogP contribution in [0.3, 0.4) is 0 Å². The van der Waals surface area contributed by atoms with Crippen molar-refractivity contribution in [1.29, 1.82) is 0 Å². The number of carboxylic acids is 1. The maximum atomic E-state index is 11.9. The van der Waals surface area contributed by atoms with Gasteiger partial charge in [0.2, 0.25) is 10.0 Å². The monoisotopic (exact) mass is 319 g/mol. The van der Waals surface area contributed by atoms with Gasteiger partial charge in [-0.2, -0.15) is 0 Å². The van der Waals surface area contributed by atoms with E-state index in [4.69, 9.17) is 19.7 Å². The molecule has 118 valence electrons. The van der Waals surface area contributed by atoms with Crippen molar-refractivity contribution in [1.82, 2.24) is 4.72 Å². The van der Waals surface area contributed by atoms with Crippen molar-refractivity contribution in [2.24, 2.45) is 0 Å². The number of carbonyl (C=O) groups is 1. The molecule has 0 heterocycles. The van der Waals surface area contributed by atoms with Crippen molar-refractivity contribution in [2.45, 2.75) is 4.90 Å². The first-order valence-corrected chi connectivity index (χ1v) is 7.57. The fraction of sp³-hybridized carbons (Fsp3) is 0.417. The van der Waals surface area contributed by atoms with Gasteiger partial charge in [0.05, 0.1) is 24.7 Å². The Balaban J connectivity index is 2.52. The van der Waals surface area contributed by atoms with Crippen molar-refractivity contribution in [3.63, 3.8) is 0 Å². The molecule has 0 atom stereocenters. The third kappa shape index (κ3) is 6.54. The molecule has 0 radical (unpaired) electrons. The Bertz CT molecular complexity index is 541. The highest BCUT2D eigenvalue weighted by Gasteiger charge is 2.13. The lowest BCUT2D eigenvalue weighted by Crippen LogP contribution is -2.27. The average molecular weight is 319 g/mol. The van der Waals surface area contributed by atoms with Crippen LogP contribution < -0.4 is 9.46 Å². The SMILES string of the molecule is O=C(O)COc1ccc(S(=O)(=O)NCCOCCO)cc1. The normalized spacial score (nSPS) is 11.3. The minimum atomic E-state index is -3.66. The van der Waals surface area contributed by atoms with E-state index in [1.54, 1.807) is 0 Å². The number of benzene rings is 1. The van der Waals surface area contributed by atoms with Gasteiger partial charge in [-0.1, -0.05) is 0 Å². The van der Waals surface area contributed by atoms with Crippen LogP contribution in [0.1, 0.15) is 0 Å². The quantitative estimate of drug-likeness (QED) is 0.494. The predicted octanol–water partition coefficient (Wildman–Crippen LogP) is -0.563. The molecule has 0 aliphatic rings. The maximum absolute atomic E-state index is 11.9. The summed E-state index contributed by atoms with van der Waals surface area (Å²) in [4.78, 5) is 10.4. The van der Waals surface area contributed by atoms with Gasteiger partial charge in [-0.25, -0.2) is 17.9 Å². The fourth-order valence-corrected chi connectivity index (χ4v) is 2.37.